The lowest BCUT2D eigenvalue weighted by atomic mass is 10.2. The van der Waals surface area contributed by atoms with Crippen molar-refractivity contribution in [3.8, 4) is 5.69 Å². The summed E-state index contributed by atoms with van der Waals surface area (Å²) in [4.78, 5) is 0. The third-order valence-corrected chi connectivity index (χ3v) is 3.63. The van der Waals surface area contributed by atoms with Gasteiger partial charge in [-0.25, -0.2) is 4.68 Å². The molecular formula is C12H13BrClN3. The van der Waals surface area contributed by atoms with E-state index in [0.29, 0.717) is 0 Å². The molecule has 0 N–H and O–H groups in total. The smallest absolute Gasteiger partial charge is 0.101 e. The second-order valence-corrected chi connectivity index (χ2v) is 5.34. The lowest BCUT2D eigenvalue weighted by Gasteiger charge is -2.05. The molecular weight excluding hydrogens is 302 g/mol. The standard InChI is InChI=1S/C12H13BrClN3/c1-3-10(14)11-7-17(16-15-11)12-6-9(13)5-4-8(12)2/h4-7,10H,3H2,1-2H3. The van der Waals surface area contributed by atoms with Crippen LogP contribution in [-0.2, 0) is 0 Å². The van der Waals surface area contributed by atoms with E-state index in [0.717, 1.165) is 27.8 Å². The highest BCUT2D eigenvalue weighted by molar-refractivity contribution is 9.10. The average molecular weight is 315 g/mol. The van der Waals surface area contributed by atoms with Gasteiger partial charge in [-0.2, -0.15) is 0 Å². The van der Waals surface area contributed by atoms with E-state index in [2.05, 4.69) is 26.2 Å². The predicted octanol–water partition coefficient (Wildman–Crippen LogP) is 4.03. The van der Waals surface area contributed by atoms with Gasteiger partial charge in [0.25, 0.3) is 0 Å². The van der Waals surface area contributed by atoms with Crippen molar-refractivity contribution in [2.75, 3.05) is 0 Å². The van der Waals surface area contributed by atoms with Gasteiger partial charge in [-0.3, -0.25) is 0 Å². The zero-order valence-corrected chi connectivity index (χ0v) is 12.0. The summed E-state index contributed by atoms with van der Waals surface area (Å²) in [6.07, 6.45) is 2.73. The van der Waals surface area contributed by atoms with E-state index in [1.807, 2.05) is 38.2 Å². The van der Waals surface area contributed by atoms with Crippen LogP contribution < -0.4 is 0 Å². The molecule has 0 aliphatic rings. The molecule has 90 valence electrons. The van der Waals surface area contributed by atoms with E-state index >= 15 is 0 Å². The van der Waals surface area contributed by atoms with Gasteiger partial charge in [-0.15, -0.1) is 16.7 Å². The topological polar surface area (TPSA) is 30.7 Å². The zero-order chi connectivity index (χ0) is 12.4. The third kappa shape index (κ3) is 2.69. The van der Waals surface area contributed by atoms with Crippen LogP contribution in [0.5, 0.6) is 0 Å². The minimum atomic E-state index is -0.0730. The number of alkyl halides is 1. The molecule has 0 amide bonds. The van der Waals surface area contributed by atoms with Crippen molar-refractivity contribution in [2.24, 2.45) is 0 Å². The quantitative estimate of drug-likeness (QED) is 0.801. The van der Waals surface area contributed by atoms with Gasteiger partial charge in [0, 0.05) is 4.47 Å². The maximum absolute atomic E-state index is 6.14. The molecule has 3 nitrogen and oxygen atoms in total. The van der Waals surface area contributed by atoms with Gasteiger partial charge in [0.15, 0.2) is 0 Å². The molecule has 17 heavy (non-hydrogen) atoms. The van der Waals surface area contributed by atoms with Crippen molar-refractivity contribution in [1.29, 1.82) is 0 Å². The SMILES string of the molecule is CCC(Cl)c1cn(-c2cc(Br)ccc2C)nn1. The Hall–Kier alpha value is -0.870. The Morgan fingerprint density at radius 3 is 2.94 bits per heavy atom. The van der Waals surface area contributed by atoms with Crippen LogP contribution in [0.2, 0.25) is 0 Å². The lowest BCUT2D eigenvalue weighted by molar-refractivity contribution is 0.782. The molecule has 1 unspecified atom stereocenters. The summed E-state index contributed by atoms with van der Waals surface area (Å²) in [6, 6.07) is 6.06. The molecule has 0 fully saturated rings. The van der Waals surface area contributed by atoms with Crippen LogP contribution in [0.15, 0.2) is 28.9 Å². The number of nitrogens with zero attached hydrogens (tertiary/aromatic N) is 3. The predicted molar refractivity (Wildman–Crippen MR) is 72.7 cm³/mol. The second kappa shape index (κ2) is 5.19. The van der Waals surface area contributed by atoms with Crippen LogP contribution >= 0.6 is 27.5 Å². The summed E-state index contributed by atoms with van der Waals surface area (Å²) in [5.74, 6) is 0. The molecule has 1 heterocycles. The number of aryl methyl sites for hydroxylation is 1. The van der Waals surface area contributed by atoms with Crippen molar-refractivity contribution < 1.29 is 0 Å². The van der Waals surface area contributed by atoms with Crippen molar-refractivity contribution in [1.82, 2.24) is 15.0 Å². The zero-order valence-electron chi connectivity index (χ0n) is 9.69. The van der Waals surface area contributed by atoms with Crippen molar-refractivity contribution in [2.45, 2.75) is 25.6 Å². The number of aromatic nitrogens is 3. The van der Waals surface area contributed by atoms with Crippen LogP contribution in [0.3, 0.4) is 0 Å². The fraction of sp³-hybridized carbons (Fsp3) is 0.333. The van der Waals surface area contributed by atoms with Crippen LogP contribution in [0.25, 0.3) is 5.69 Å². The van der Waals surface area contributed by atoms with Crippen molar-refractivity contribution in [3.05, 3.63) is 40.1 Å². The molecule has 0 radical (unpaired) electrons. The van der Waals surface area contributed by atoms with Crippen molar-refractivity contribution >= 4 is 27.5 Å². The van der Waals surface area contributed by atoms with E-state index < -0.39 is 0 Å². The van der Waals surface area contributed by atoms with Gasteiger partial charge < -0.3 is 0 Å². The number of hydrogen-bond donors (Lipinski definition) is 0. The Morgan fingerprint density at radius 2 is 2.24 bits per heavy atom. The normalized spacial score (nSPS) is 12.7. The Kier molecular flexibility index (Phi) is 3.84. The first kappa shape index (κ1) is 12.6. The maximum atomic E-state index is 6.14. The van der Waals surface area contributed by atoms with Crippen LogP contribution in [0.1, 0.15) is 30.0 Å². The minimum absolute atomic E-state index is 0.0730. The molecule has 1 aromatic heterocycles. The number of halogens is 2. The van der Waals surface area contributed by atoms with Crippen LogP contribution in [0, 0.1) is 6.92 Å². The molecule has 0 saturated carbocycles. The maximum Gasteiger partial charge on any atom is 0.101 e. The van der Waals surface area contributed by atoms with Gasteiger partial charge in [-0.05, 0) is 31.0 Å². The molecule has 5 heteroatoms. The number of rotatable bonds is 3. The van der Waals surface area contributed by atoms with Crippen LogP contribution in [-0.4, -0.2) is 15.0 Å². The minimum Gasteiger partial charge on any atom is -0.220 e. The summed E-state index contributed by atoms with van der Waals surface area (Å²) in [7, 11) is 0. The molecule has 0 spiro atoms. The van der Waals surface area contributed by atoms with Gasteiger partial charge >= 0.3 is 0 Å². The highest BCUT2D eigenvalue weighted by Gasteiger charge is 2.11. The summed E-state index contributed by atoms with van der Waals surface area (Å²) in [6.45, 7) is 4.07. The van der Waals surface area contributed by atoms with Gasteiger partial charge in [0.2, 0.25) is 0 Å². The fourth-order valence-corrected chi connectivity index (χ4v) is 2.03. The molecule has 0 aliphatic carbocycles. The monoisotopic (exact) mass is 313 g/mol. The number of hydrogen-bond acceptors (Lipinski definition) is 2. The van der Waals surface area contributed by atoms with E-state index in [1.165, 1.54) is 0 Å². The molecule has 1 aromatic carbocycles. The summed E-state index contributed by atoms with van der Waals surface area (Å²) >= 11 is 9.59. The van der Waals surface area contributed by atoms with Gasteiger partial charge in [0.05, 0.1) is 17.3 Å². The summed E-state index contributed by atoms with van der Waals surface area (Å²) < 4.78 is 2.79. The molecule has 0 saturated heterocycles. The summed E-state index contributed by atoms with van der Waals surface area (Å²) in [5, 5.41) is 8.15. The molecule has 2 aromatic rings. The molecule has 2 rings (SSSR count). The molecule has 0 bridgehead atoms. The highest BCUT2D eigenvalue weighted by atomic mass is 79.9. The van der Waals surface area contributed by atoms with E-state index in [9.17, 15) is 0 Å². The van der Waals surface area contributed by atoms with Gasteiger partial charge in [-0.1, -0.05) is 34.1 Å². The molecule has 0 aliphatic heterocycles. The average Bonchev–Trinajstić information content (AvgIpc) is 2.80. The Bertz CT molecular complexity index is 524. The van der Waals surface area contributed by atoms with Gasteiger partial charge in [0.1, 0.15) is 5.69 Å². The number of benzene rings is 1. The van der Waals surface area contributed by atoms with Crippen LogP contribution in [0.4, 0.5) is 0 Å². The first-order valence-corrected chi connectivity index (χ1v) is 6.67. The Labute approximate surface area is 114 Å². The summed E-state index contributed by atoms with van der Waals surface area (Å²) in [5.41, 5.74) is 2.97. The third-order valence-electron chi connectivity index (χ3n) is 2.61. The Balaban J connectivity index is 2.40. The van der Waals surface area contributed by atoms with E-state index in [-0.39, 0.29) is 5.38 Å². The van der Waals surface area contributed by atoms with Crippen molar-refractivity contribution in [3.63, 3.8) is 0 Å². The second-order valence-electron chi connectivity index (χ2n) is 3.89. The van der Waals surface area contributed by atoms with E-state index in [1.54, 1.807) is 4.68 Å². The fourth-order valence-electron chi connectivity index (χ4n) is 1.58. The molecule has 1 atom stereocenters. The highest BCUT2D eigenvalue weighted by Crippen LogP contribution is 2.24. The largest absolute Gasteiger partial charge is 0.220 e. The Morgan fingerprint density at radius 1 is 1.47 bits per heavy atom. The first-order valence-electron chi connectivity index (χ1n) is 5.44. The van der Waals surface area contributed by atoms with E-state index in [4.69, 9.17) is 11.6 Å². The first-order chi connectivity index (χ1) is 8.11. The lowest BCUT2D eigenvalue weighted by Crippen LogP contribution is -1.97.